The Labute approximate surface area is 163 Å². The van der Waals surface area contributed by atoms with E-state index in [-0.39, 0.29) is 24.0 Å². The van der Waals surface area contributed by atoms with Crippen molar-refractivity contribution < 1.29 is 4.74 Å². The summed E-state index contributed by atoms with van der Waals surface area (Å²) in [4.78, 5) is 8.76. The molecule has 1 aliphatic rings. The van der Waals surface area contributed by atoms with Crippen LogP contribution in [-0.4, -0.2) is 63.7 Å². The fourth-order valence-corrected chi connectivity index (χ4v) is 2.89. The van der Waals surface area contributed by atoms with Crippen molar-refractivity contribution in [2.24, 2.45) is 10.9 Å². The molecular weight excluding hydrogens is 415 g/mol. The van der Waals surface area contributed by atoms with Gasteiger partial charge in [0.25, 0.3) is 0 Å². The lowest BCUT2D eigenvalue weighted by atomic mass is 10.1. The smallest absolute Gasteiger partial charge is 0.193 e. The van der Waals surface area contributed by atoms with Crippen LogP contribution in [0.25, 0.3) is 0 Å². The molecule has 1 aromatic rings. The highest BCUT2D eigenvalue weighted by Gasteiger charge is 2.18. The van der Waals surface area contributed by atoms with Crippen LogP contribution in [0.5, 0.6) is 0 Å². The molecule has 1 aromatic carbocycles. The molecule has 0 bridgehead atoms. The fourth-order valence-electron chi connectivity index (χ4n) is 2.89. The molecule has 1 atom stereocenters. The summed E-state index contributed by atoms with van der Waals surface area (Å²) in [5.41, 5.74) is 2.60. The molecule has 1 saturated heterocycles. The van der Waals surface area contributed by atoms with Gasteiger partial charge in [-0.05, 0) is 31.6 Å². The first kappa shape index (κ1) is 21.2. The van der Waals surface area contributed by atoms with E-state index in [0.29, 0.717) is 5.92 Å². The first-order valence-corrected chi connectivity index (χ1v) is 8.30. The van der Waals surface area contributed by atoms with Gasteiger partial charge in [0.15, 0.2) is 5.96 Å². The SMILES string of the molecule is CN=C(NCc1ccc(CN(C)C)cc1)N(C)CC1CCOC1.I. The third-order valence-corrected chi connectivity index (χ3v) is 4.10. The number of halogens is 1. The van der Waals surface area contributed by atoms with Crippen molar-refractivity contribution in [3.8, 4) is 0 Å². The van der Waals surface area contributed by atoms with E-state index in [2.05, 4.69) is 65.5 Å². The Morgan fingerprint density at radius 3 is 2.42 bits per heavy atom. The highest BCUT2D eigenvalue weighted by Crippen LogP contribution is 2.13. The van der Waals surface area contributed by atoms with Crippen LogP contribution < -0.4 is 5.32 Å². The summed E-state index contributed by atoms with van der Waals surface area (Å²) in [5.74, 6) is 1.55. The van der Waals surface area contributed by atoms with Crippen LogP contribution >= 0.6 is 24.0 Å². The van der Waals surface area contributed by atoms with Gasteiger partial charge in [0, 0.05) is 46.3 Å². The predicted octanol–water partition coefficient (Wildman–Crippen LogP) is 2.41. The normalized spacial score (nSPS) is 17.7. The monoisotopic (exact) mass is 446 g/mol. The van der Waals surface area contributed by atoms with Gasteiger partial charge in [0.05, 0.1) is 6.61 Å². The van der Waals surface area contributed by atoms with Crippen molar-refractivity contribution in [3.63, 3.8) is 0 Å². The largest absolute Gasteiger partial charge is 0.381 e. The molecule has 0 aliphatic carbocycles. The molecule has 5 nitrogen and oxygen atoms in total. The summed E-state index contributed by atoms with van der Waals surface area (Å²) in [7, 11) is 8.10. The predicted molar refractivity (Wildman–Crippen MR) is 111 cm³/mol. The number of benzene rings is 1. The lowest BCUT2D eigenvalue weighted by Crippen LogP contribution is -2.41. The van der Waals surface area contributed by atoms with Crippen LogP contribution in [0.15, 0.2) is 29.3 Å². The summed E-state index contributed by atoms with van der Waals surface area (Å²) in [5, 5.41) is 3.44. The van der Waals surface area contributed by atoms with Crippen molar-refractivity contribution >= 4 is 29.9 Å². The number of ether oxygens (including phenoxy) is 1. The zero-order chi connectivity index (χ0) is 16.7. The number of hydrogen-bond acceptors (Lipinski definition) is 3. The van der Waals surface area contributed by atoms with Crippen LogP contribution in [0, 0.1) is 5.92 Å². The van der Waals surface area contributed by atoms with Crippen molar-refractivity contribution in [2.75, 3.05) is 47.9 Å². The highest BCUT2D eigenvalue weighted by molar-refractivity contribution is 14.0. The molecule has 136 valence electrons. The van der Waals surface area contributed by atoms with Gasteiger partial charge in [-0.3, -0.25) is 4.99 Å². The highest BCUT2D eigenvalue weighted by atomic mass is 127. The van der Waals surface area contributed by atoms with Gasteiger partial charge in [-0.2, -0.15) is 0 Å². The van der Waals surface area contributed by atoms with Crippen molar-refractivity contribution in [2.45, 2.75) is 19.5 Å². The van der Waals surface area contributed by atoms with Crippen molar-refractivity contribution in [1.82, 2.24) is 15.1 Å². The summed E-state index contributed by atoms with van der Waals surface area (Å²) in [6.45, 7) is 4.52. The molecule has 1 heterocycles. The molecule has 0 amide bonds. The number of rotatable bonds is 6. The molecule has 0 radical (unpaired) electrons. The zero-order valence-electron chi connectivity index (χ0n) is 15.3. The third kappa shape index (κ3) is 6.94. The minimum Gasteiger partial charge on any atom is -0.381 e. The summed E-state index contributed by atoms with van der Waals surface area (Å²) >= 11 is 0. The Balaban J connectivity index is 0.00000288. The van der Waals surface area contributed by atoms with E-state index in [1.807, 2.05) is 7.05 Å². The van der Waals surface area contributed by atoms with Gasteiger partial charge in [-0.25, -0.2) is 0 Å². The minimum atomic E-state index is 0. The number of nitrogens with zero attached hydrogens (tertiary/aromatic N) is 3. The first-order valence-electron chi connectivity index (χ1n) is 8.30. The number of guanidine groups is 1. The van der Waals surface area contributed by atoms with Crippen LogP contribution in [0.3, 0.4) is 0 Å². The van der Waals surface area contributed by atoms with E-state index in [9.17, 15) is 0 Å². The molecule has 1 unspecified atom stereocenters. The number of aliphatic imine (C=N–C) groups is 1. The number of hydrogen-bond donors (Lipinski definition) is 1. The van der Waals surface area contributed by atoms with Gasteiger partial charge < -0.3 is 19.9 Å². The van der Waals surface area contributed by atoms with Gasteiger partial charge in [-0.15, -0.1) is 24.0 Å². The lowest BCUT2D eigenvalue weighted by Gasteiger charge is -2.24. The molecule has 6 heteroatoms. The van der Waals surface area contributed by atoms with Gasteiger partial charge in [0.1, 0.15) is 0 Å². The maximum atomic E-state index is 5.45. The van der Waals surface area contributed by atoms with E-state index < -0.39 is 0 Å². The Morgan fingerprint density at radius 2 is 1.88 bits per heavy atom. The quantitative estimate of drug-likeness (QED) is 0.414. The van der Waals surface area contributed by atoms with Crippen LogP contribution in [-0.2, 0) is 17.8 Å². The van der Waals surface area contributed by atoms with Crippen molar-refractivity contribution in [1.29, 1.82) is 0 Å². The van der Waals surface area contributed by atoms with Crippen LogP contribution in [0.1, 0.15) is 17.5 Å². The third-order valence-electron chi connectivity index (χ3n) is 4.10. The fraction of sp³-hybridized carbons (Fsp3) is 0.611. The molecule has 24 heavy (non-hydrogen) atoms. The minimum absolute atomic E-state index is 0. The molecule has 0 spiro atoms. The standard InChI is InChI=1S/C18H30N4O.HI/c1-19-18(22(4)13-17-9-10-23-14-17)20-11-15-5-7-16(8-6-15)12-21(2)3;/h5-8,17H,9-14H2,1-4H3,(H,19,20);1H. The molecule has 0 aromatic heterocycles. The molecule has 1 N–H and O–H groups in total. The van der Waals surface area contributed by atoms with Crippen LogP contribution in [0.4, 0.5) is 0 Å². The second-order valence-corrected chi connectivity index (χ2v) is 6.57. The Hall–Kier alpha value is -0.860. The average molecular weight is 446 g/mol. The Bertz CT molecular complexity index is 498. The lowest BCUT2D eigenvalue weighted by molar-refractivity contribution is 0.181. The molecule has 1 aliphatic heterocycles. The maximum Gasteiger partial charge on any atom is 0.193 e. The van der Waals surface area contributed by atoms with Gasteiger partial charge in [0.2, 0.25) is 0 Å². The second-order valence-electron chi connectivity index (χ2n) is 6.57. The van der Waals surface area contributed by atoms with E-state index in [1.165, 1.54) is 11.1 Å². The summed E-state index contributed by atoms with van der Waals surface area (Å²) in [6, 6.07) is 8.76. The zero-order valence-corrected chi connectivity index (χ0v) is 17.6. The number of nitrogens with one attached hydrogen (secondary N) is 1. The topological polar surface area (TPSA) is 40.1 Å². The molecule has 0 saturated carbocycles. The van der Waals surface area contributed by atoms with E-state index in [1.54, 1.807) is 0 Å². The van der Waals surface area contributed by atoms with Crippen molar-refractivity contribution in [3.05, 3.63) is 35.4 Å². The Kier molecular flexibility index (Phi) is 9.61. The molecular formula is C18H31IN4O. The van der Waals surface area contributed by atoms with E-state index >= 15 is 0 Å². The first-order chi connectivity index (χ1) is 11.1. The molecule has 1 fully saturated rings. The molecule has 2 rings (SSSR count). The maximum absolute atomic E-state index is 5.45. The summed E-state index contributed by atoms with van der Waals surface area (Å²) in [6.07, 6.45) is 1.15. The summed E-state index contributed by atoms with van der Waals surface area (Å²) < 4.78 is 5.45. The van der Waals surface area contributed by atoms with Gasteiger partial charge >= 0.3 is 0 Å². The second kappa shape index (κ2) is 10.9. The van der Waals surface area contributed by atoms with E-state index in [4.69, 9.17) is 4.74 Å². The Morgan fingerprint density at radius 1 is 1.21 bits per heavy atom. The van der Waals surface area contributed by atoms with Crippen LogP contribution in [0.2, 0.25) is 0 Å². The van der Waals surface area contributed by atoms with Gasteiger partial charge in [-0.1, -0.05) is 24.3 Å². The average Bonchev–Trinajstić information content (AvgIpc) is 3.02. The van der Waals surface area contributed by atoms with E-state index in [0.717, 1.165) is 45.2 Å².